The van der Waals surface area contributed by atoms with E-state index >= 15 is 0 Å². The van der Waals surface area contributed by atoms with Crippen LogP contribution in [0.4, 0.5) is 0 Å². The molecule has 0 aliphatic carbocycles. The van der Waals surface area contributed by atoms with Gasteiger partial charge in [0.05, 0.1) is 19.1 Å². The lowest BCUT2D eigenvalue weighted by Crippen LogP contribution is -2.44. The molecule has 1 amide bonds. The zero-order chi connectivity index (χ0) is 18.5. The Labute approximate surface area is 157 Å². The van der Waals surface area contributed by atoms with Gasteiger partial charge in [-0.3, -0.25) is 9.78 Å². The molecule has 27 heavy (non-hydrogen) atoms. The summed E-state index contributed by atoms with van der Waals surface area (Å²) in [6.07, 6.45) is 12.0. The van der Waals surface area contributed by atoms with Crippen molar-refractivity contribution in [3.05, 3.63) is 72.7 Å². The minimum atomic E-state index is -0.0556. The Balaban J connectivity index is 1.38. The molecule has 0 unspecified atom stereocenters. The lowest BCUT2D eigenvalue weighted by Gasteiger charge is -2.32. The number of benzene rings is 1. The van der Waals surface area contributed by atoms with Crippen LogP contribution in [0.2, 0.25) is 0 Å². The summed E-state index contributed by atoms with van der Waals surface area (Å²) in [5, 5.41) is 0. The van der Waals surface area contributed by atoms with Crippen molar-refractivity contribution in [3.8, 4) is 5.88 Å². The SMILES string of the molecule is O=C(c1ccc(Cn2ccnc2)cc1)N1CCC[C@H](Oc2cnccn2)C1. The van der Waals surface area contributed by atoms with Gasteiger partial charge in [-0.05, 0) is 30.5 Å². The second-order valence-electron chi connectivity index (χ2n) is 6.61. The van der Waals surface area contributed by atoms with Crippen LogP contribution in [-0.2, 0) is 6.54 Å². The summed E-state index contributed by atoms with van der Waals surface area (Å²) >= 11 is 0. The number of hydrogen-bond donors (Lipinski definition) is 0. The van der Waals surface area contributed by atoms with Gasteiger partial charge in [-0.1, -0.05) is 12.1 Å². The van der Waals surface area contributed by atoms with Gasteiger partial charge in [-0.15, -0.1) is 0 Å². The van der Waals surface area contributed by atoms with Crippen molar-refractivity contribution < 1.29 is 9.53 Å². The molecule has 1 atom stereocenters. The number of piperidine rings is 1. The van der Waals surface area contributed by atoms with E-state index in [1.54, 1.807) is 31.1 Å². The maximum Gasteiger partial charge on any atom is 0.253 e. The van der Waals surface area contributed by atoms with Crippen molar-refractivity contribution in [2.45, 2.75) is 25.5 Å². The molecular formula is C20H21N5O2. The Morgan fingerprint density at radius 2 is 2.04 bits per heavy atom. The molecular weight excluding hydrogens is 342 g/mol. The van der Waals surface area contributed by atoms with Crippen LogP contribution < -0.4 is 4.74 Å². The molecule has 7 nitrogen and oxygen atoms in total. The first kappa shape index (κ1) is 17.2. The summed E-state index contributed by atoms with van der Waals surface area (Å²) in [7, 11) is 0. The average molecular weight is 363 g/mol. The fourth-order valence-corrected chi connectivity index (χ4v) is 3.26. The largest absolute Gasteiger partial charge is 0.471 e. The number of aromatic nitrogens is 4. The van der Waals surface area contributed by atoms with Crippen molar-refractivity contribution >= 4 is 5.91 Å². The number of carbonyl (C=O) groups excluding carboxylic acids is 1. The molecule has 2 aromatic heterocycles. The predicted octanol–water partition coefficient (Wildman–Crippen LogP) is 2.41. The predicted molar refractivity (Wildman–Crippen MR) is 99.4 cm³/mol. The fourth-order valence-electron chi connectivity index (χ4n) is 3.26. The molecule has 3 aromatic rings. The summed E-state index contributed by atoms with van der Waals surface area (Å²) in [6, 6.07) is 7.76. The van der Waals surface area contributed by atoms with Crippen LogP contribution in [0.1, 0.15) is 28.8 Å². The highest BCUT2D eigenvalue weighted by Crippen LogP contribution is 2.18. The molecule has 138 valence electrons. The Morgan fingerprint density at radius 1 is 1.15 bits per heavy atom. The molecule has 0 N–H and O–H groups in total. The van der Waals surface area contributed by atoms with Crippen LogP contribution in [0.15, 0.2) is 61.6 Å². The summed E-state index contributed by atoms with van der Waals surface area (Å²) < 4.78 is 7.87. The molecule has 7 heteroatoms. The summed E-state index contributed by atoms with van der Waals surface area (Å²) in [4.78, 5) is 26.9. The second-order valence-corrected chi connectivity index (χ2v) is 6.61. The van der Waals surface area contributed by atoms with E-state index in [4.69, 9.17) is 4.74 Å². The van der Waals surface area contributed by atoms with E-state index in [0.29, 0.717) is 18.0 Å². The van der Waals surface area contributed by atoms with E-state index in [-0.39, 0.29) is 12.0 Å². The third-order valence-electron chi connectivity index (χ3n) is 4.62. The highest BCUT2D eigenvalue weighted by Gasteiger charge is 2.26. The molecule has 1 aromatic carbocycles. The van der Waals surface area contributed by atoms with Gasteiger partial charge in [-0.25, -0.2) is 9.97 Å². The molecule has 0 bridgehead atoms. The fraction of sp³-hybridized carbons (Fsp3) is 0.300. The molecule has 0 radical (unpaired) electrons. The quantitative estimate of drug-likeness (QED) is 0.696. The molecule has 0 spiro atoms. The van der Waals surface area contributed by atoms with Crippen molar-refractivity contribution in [2.75, 3.05) is 13.1 Å². The van der Waals surface area contributed by atoms with Crippen LogP contribution in [0.25, 0.3) is 0 Å². The van der Waals surface area contributed by atoms with Crippen LogP contribution in [-0.4, -0.2) is 49.5 Å². The number of nitrogens with zero attached hydrogens (tertiary/aromatic N) is 5. The number of likely N-dealkylation sites (tertiary alicyclic amines) is 1. The summed E-state index contributed by atoms with van der Waals surface area (Å²) in [5.74, 6) is 0.539. The third-order valence-corrected chi connectivity index (χ3v) is 4.62. The molecule has 4 rings (SSSR count). The van der Waals surface area contributed by atoms with Crippen molar-refractivity contribution in [3.63, 3.8) is 0 Å². The molecule has 3 heterocycles. The average Bonchev–Trinajstić information content (AvgIpc) is 3.22. The number of ether oxygens (including phenoxy) is 1. The first-order valence-corrected chi connectivity index (χ1v) is 9.04. The lowest BCUT2D eigenvalue weighted by molar-refractivity contribution is 0.0527. The summed E-state index contributed by atoms with van der Waals surface area (Å²) in [6.45, 7) is 2.05. The second kappa shape index (κ2) is 7.99. The Kier molecular flexibility index (Phi) is 5.09. The standard InChI is InChI=1S/C20H21N5O2/c26-20(17-5-3-16(4-6-17)13-24-11-9-22-15-24)25-10-1-2-18(14-25)27-19-12-21-7-8-23-19/h3-9,11-12,15,18H,1-2,10,13-14H2/t18-/m0/s1. The number of hydrogen-bond acceptors (Lipinski definition) is 5. The first-order valence-electron chi connectivity index (χ1n) is 9.04. The Hall–Kier alpha value is -3.22. The van der Waals surface area contributed by atoms with Crippen molar-refractivity contribution in [2.24, 2.45) is 0 Å². The molecule has 1 aliphatic rings. The van der Waals surface area contributed by atoms with E-state index in [2.05, 4.69) is 15.0 Å². The third kappa shape index (κ3) is 4.31. The van der Waals surface area contributed by atoms with E-state index < -0.39 is 0 Å². The smallest absolute Gasteiger partial charge is 0.253 e. The monoisotopic (exact) mass is 363 g/mol. The van der Waals surface area contributed by atoms with Gasteiger partial charge in [-0.2, -0.15) is 0 Å². The van der Waals surface area contributed by atoms with Crippen LogP contribution in [0.3, 0.4) is 0 Å². The number of amides is 1. The summed E-state index contributed by atoms with van der Waals surface area (Å²) in [5.41, 5.74) is 1.83. The van der Waals surface area contributed by atoms with Gasteiger partial charge in [0.25, 0.3) is 5.91 Å². The highest BCUT2D eigenvalue weighted by atomic mass is 16.5. The van der Waals surface area contributed by atoms with Crippen molar-refractivity contribution in [1.29, 1.82) is 0 Å². The van der Waals surface area contributed by atoms with E-state index in [1.807, 2.05) is 39.9 Å². The van der Waals surface area contributed by atoms with Crippen LogP contribution in [0.5, 0.6) is 5.88 Å². The minimum Gasteiger partial charge on any atom is -0.471 e. The maximum atomic E-state index is 12.9. The zero-order valence-corrected chi connectivity index (χ0v) is 14.9. The van der Waals surface area contributed by atoms with Gasteiger partial charge in [0.1, 0.15) is 6.10 Å². The molecule has 1 aliphatic heterocycles. The Morgan fingerprint density at radius 3 is 2.78 bits per heavy atom. The van der Waals surface area contributed by atoms with Gasteiger partial charge in [0.15, 0.2) is 0 Å². The van der Waals surface area contributed by atoms with E-state index in [0.717, 1.165) is 31.5 Å². The molecule has 1 fully saturated rings. The topological polar surface area (TPSA) is 73.1 Å². The maximum absolute atomic E-state index is 12.9. The van der Waals surface area contributed by atoms with Gasteiger partial charge >= 0.3 is 0 Å². The molecule has 1 saturated heterocycles. The van der Waals surface area contributed by atoms with Gasteiger partial charge in [0, 0.05) is 43.4 Å². The van der Waals surface area contributed by atoms with Gasteiger partial charge < -0.3 is 14.2 Å². The number of rotatable bonds is 5. The first-order chi connectivity index (χ1) is 13.3. The normalized spacial score (nSPS) is 16.9. The van der Waals surface area contributed by atoms with E-state index in [9.17, 15) is 4.79 Å². The number of carbonyl (C=O) groups is 1. The van der Waals surface area contributed by atoms with Gasteiger partial charge in [0.2, 0.25) is 5.88 Å². The lowest BCUT2D eigenvalue weighted by atomic mass is 10.1. The molecule has 0 saturated carbocycles. The van der Waals surface area contributed by atoms with Crippen LogP contribution >= 0.6 is 0 Å². The minimum absolute atomic E-state index is 0.0385. The Bertz CT molecular complexity index is 865. The zero-order valence-electron chi connectivity index (χ0n) is 14.9. The number of imidazole rings is 1. The highest BCUT2D eigenvalue weighted by molar-refractivity contribution is 5.94. The van der Waals surface area contributed by atoms with Crippen LogP contribution in [0, 0.1) is 0 Å². The van der Waals surface area contributed by atoms with E-state index in [1.165, 1.54) is 0 Å². The van der Waals surface area contributed by atoms with Crippen molar-refractivity contribution in [1.82, 2.24) is 24.4 Å².